The summed E-state index contributed by atoms with van der Waals surface area (Å²) < 4.78 is 3.71. The van der Waals surface area contributed by atoms with Crippen molar-refractivity contribution in [2.45, 2.75) is 13.5 Å². The summed E-state index contributed by atoms with van der Waals surface area (Å²) in [7, 11) is 0. The van der Waals surface area contributed by atoms with Crippen LogP contribution in [0.5, 0.6) is 0 Å². The maximum absolute atomic E-state index is 5.36. The second-order valence-electron chi connectivity index (χ2n) is 1.62. The molecule has 0 aliphatic rings. The van der Waals surface area contributed by atoms with Gasteiger partial charge in [0.1, 0.15) is 5.69 Å². The van der Waals surface area contributed by atoms with Crippen molar-refractivity contribution in [3.05, 3.63) is 5.69 Å². The average Bonchev–Trinajstić information content (AvgIpc) is 2.36. The number of rotatable bonds is 2. The molecular formula is C5H8N4S. The third-order valence-electron chi connectivity index (χ3n) is 0.975. The minimum absolute atomic E-state index is 0.406. The Morgan fingerprint density at radius 1 is 1.80 bits per heavy atom. The summed E-state index contributed by atoms with van der Waals surface area (Å²) in [4.78, 5) is 4.03. The average molecular weight is 156 g/mol. The molecular weight excluding hydrogens is 148 g/mol. The number of aliphatic imine (C=N–C) groups is 1. The van der Waals surface area contributed by atoms with E-state index < -0.39 is 0 Å². The maximum atomic E-state index is 5.36. The van der Waals surface area contributed by atoms with Crippen molar-refractivity contribution >= 4 is 22.7 Å². The van der Waals surface area contributed by atoms with Crippen molar-refractivity contribution in [1.29, 1.82) is 0 Å². The molecule has 0 fully saturated rings. The molecule has 0 unspecified atom stereocenters. The van der Waals surface area contributed by atoms with Gasteiger partial charge >= 0.3 is 0 Å². The number of nitrogens with zero attached hydrogens (tertiary/aromatic N) is 3. The van der Waals surface area contributed by atoms with Crippen LogP contribution in [0.1, 0.15) is 12.6 Å². The van der Waals surface area contributed by atoms with Crippen LogP contribution in [0.15, 0.2) is 4.99 Å². The van der Waals surface area contributed by atoms with Gasteiger partial charge in [0.15, 0.2) is 5.00 Å². The molecule has 2 N–H and O–H groups in total. The Morgan fingerprint density at radius 3 is 3.20 bits per heavy atom. The molecule has 1 rings (SSSR count). The van der Waals surface area contributed by atoms with Crippen LogP contribution in [0.3, 0.4) is 0 Å². The Labute approximate surface area is 63.0 Å². The summed E-state index contributed by atoms with van der Waals surface area (Å²) in [5.74, 6) is 0. The fourth-order valence-electron chi connectivity index (χ4n) is 0.547. The molecule has 0 radical (unpaired) electrons. The molecule has 4 nitrogen and oxygen atoms in total. The van der Waals surface area contributed by atoms with Gasteiger partial charge in [-0.1, -0.05) is 4.49 Å². The summed E-state index contributed by atoms with van der Waals surface area (Å²) in [6.45, 7) is 2.25. The zero-order valence-corrected chi connectivity index (χ0v) is 6.43. The Kier molecular flexibility index (Phi) is 2.47. The highest BCUT2D eigenvalue weighted by Crippen LogP contribution is 2.19. The van der Waals surface area contributed by atoms with Gasteiger partial charge in [-0.2, -0.15) is 0 Å². The predicted molar refractivity (Wildman–Crippen MR) is 41.6 cm³/mol. The fourth-order valence-corrected chi connectivity index (χ4v) is 1.15. The Balaban J connectivity index is 2.90. The molecule has 10 heavy (non-hydrogen) atoms. The molecule has 0 saturated heterocycles. The van der Waals surface area contributed by atoms with Gasteiger partial charge in [0.05, 0.1) is 0 Å². The molecule has 1 aromatic rings. The lowest BCUT2D eigenvalue weighted by atomic mass is 10.5. The van der Waals surface area contributed by atoms with Crippen LogP contribution in [0, 0.1) is 0 Å². The molecule has 1 aromatic heterocycles. The van der Waals surface area contributed by atoms with Crippen molar-refractivity contribution in [3.8, 4) is 0 Å². The lowest BCUT2D eigenvalue weighted by molar-refractivity contribution is 0.957. The van der Waals surface area contributed by atoms with Gasteiger partial charge in [-0.25, -0.2) is 4.99 Å². The van der Waals surface area contributed by atoms with E-state index in [-0.39, 0.29) is 0 Å². The van der Waals surface area contributed by atoms with Crippen molar-refractivity contribution in [2.75, 3.05) is 0 Å². The zero-order chi connectivity index (χ0) is 7.40. The molecule has 0 amide bonds. The van der Waals surface area contributed by atoms with E-state index >= 15 is 0 Å². The first kappa shape index (κ1) is 7.30. The van der Waals surface area contributed by atoms with E-state index in [1.54, 1.807) is 6.21 Å². The minimum atomic E-state index is 0.406. The number of hydrogen-bond acceptors (Lipinski definition) is 5. The lowest BCUT2D eigenvalue weighted by Gasteiger charge is -1.86. The summed E-state index contributed by atoms with van der Waals surface area (Å²) in [5, 5.41) is 4.59. The highest BCUT2D eigenvalue weighted by Gasteiger charge is 2.01. The van der Waals surface area contributed by atoms with Crippen molar-refractivity contribution < 1.29 is 0 Å². The van der Waals surface area contributed by atoms with Crippen LogP contribution >= 0.6 is 11.5 Å². The molecule has 5 heteroatoms. The molecule has 0 saturated carbocycles. The van der Waals surface area contributed by atoms with E-state index in [9.17, 15) is 0 Å². The lowest BCUT2D eigenvalue weighted by Crippen LogP contribution is -1.96. The summed E-state index contributed by atoms with van der Waals surface area (Å²) in [5.41, 5.74) is 6.12. The third-order valence-corrected chi connectivity index (χ3v) is 1.65. The van der Waals surface area contributed by atoms with E-state index in [1.165, 1.54) is 11.5 Å². The van der Waals surface area contributed by atoms with E-state index in [0.29, 0.717) is 6.54 Å². The zero-order valence-electron chi connectivity index (χ0n) is 5.61. The summed E-state index contributed by atoms with van der Waals surface area (Å²) >= 11 is 1.26. The standard InChI is InChI=1S/C5H8N4S/c1-2-7-5-4(3-6)8-9-10-5/h2H,3,6H2,1H3. The minimum Gasteiger partial charge on any atom is -0.325 e. The van der Waals surface area contributed by atoms with Gasteiger partial charge < -0.3 is 5.73 Å². The normalized spacial score (nSPS) is 11.0. The van der Waals surface area contributed by atoms with Crippen molar-refractivity contribution in [2.24, 2.45) is 10.7 Å². The molecule has 0 bridgehead atoms. The summed E-state index contributed by atoms with van der Waals surface area (Å²) in [6.07, 6.45) is 1.70. The van der Waals surface area contributed by atoms with Crippen LogP contribution < -0.4 is 5.73 Å². The molecule has 0 aliphatic carbocycles. The second kappa shape index (κ2) is 3.38. The molecule has 0 atom stereocenters. The fraction of sp³-hybridized carbons (Fsp3) is 0.400. The van der Waals surface area contributed by atoms with Crippen molar-refractivity contribution in [1.82, 2.24) is 9.59 Å². The van der Waals surface area contributed by atoms with E-state index in [0.717, 1.165) is 10.7 Å². The molecule has 1 heterocycles. The summed E-state index contributed by atoms with van der Waals surface area (Å²) in [6, 6.07) is 0. The molecule has 54 valence electrons. The first-order chi connectivity index (χ1) is 4.88. The number of nitrogens with two attached hydrogens (primary N) is 1. The van der Waals surface area contributed by atoms with Gasteiger partial charge in [0.25, 0.3) is 0 Å². The smallest absolute Gasteiger partial charge is 0.160 e. The quantitative estimate of drug-likeness (QED) is 0.641. The van der Waals surface area contributed by atoms with Crippen LogP contribution in [0.4, 0.5) is 5.00 Å². The van der Waals surface area contributed by atoms with Crippen LogP contribution in [-0.2, 0) is 6.54 Å². The van der Waals surface area contributed by atoms with E-state index in [1.807, 2.05) is 6.92 Å². The van der Waals surface area contributed by atoms with Gasteiger partial charge in [-0.3, -0.25) is 0 Å². The molecule has 0 aliphatic heterocycles. The van der Waals surface area contributed by atoms with Gasteiger partial charge in [-0.15, -0.1) is 5.10 Å². The van der Waals surface area contributed by atoms with E-state index in [2.05, 4.69) is 14.6 Å². The second-order valence-corrected chi connectivity index (χ2v) is 2.35. The Hall–Kier alpha value is -0.810. The van der Waals surface area contributed by atoms with Crippen molar-refractivity contribution in [3.63, 3.8) is 0 Å². The largest absolute Gasteiger partial charge is 0.325 e. The monoisotopic (exact) mass is 156 g/mol. The van der Waals surface area contributed by atoms with Crippen LogP contribution in [0.25, 0.3) is 0 Å². The van der Waals surface area contributed by atoms with Gasteiger partial charge in [0.2, 0.25) is 0 Å². The van der Waals surface area contributed by atoms with Crippen LogP contribution in [0.2, 0.25) is 0 Å². The highest BCUT2D eigenvalue weighted by molar-refractivity contribution is 7.09. The van der Waals surface area contributed by atoms with E-state index in [4.69, 9.17) is 5.73 Å². The maximum Gasteiger partial charge on any atom is 0.160 e. The number of hydrogen-bond donors (Lipinski definition) is 1. The highest BCUT2D eigenvalue weighted by atomic mass is 32.1. The first-order valence-corrected chi connectivity index (χ1v) is 3.65. The first-order valence-electron chi connectivity index (χ1n) is 2.88. The number of aromatic nitrogens is 2. The topological polar surface area (TPSA) is 64.2 Å². The van der Waals surface area contributed by atoms with Crippen LogP contribution in [-0.4, -0.2) is 15.8 Å². The molecule has 0 aromatic carbocycles. The SMILES string of the molecule is CC=Nc1snnc1CN. The predicted octanol–water partition coefficient (Wildman–Crippen LogP) is 0.719. The van der Waals surface area contributed by atoms with Gasteiger partial charge in [0, 0.05) is 24.3 Å². The van der Waals surface area contributed by atoms with Gasteiger partial charge in [-0.05, 0) is 6.92 Å². The Bertz CT molecular complexity index is 229. The third kappa shape index (κ3) is 1.37. The molecule has 0 spiro atoms. The Morgan fingerprint density at radius 2 is 2.60 bits per heavy atom.